The van der Waals surface area contributed by atoms with Gasteiger partial charge in [0.2, 0.25) is 5.91 Å². The third-order valence-electron chi connectivity index (χ3n) is 4.68. The van der Waals surface area contributed by atoms with Gasteiger partial charge in [-0.05, 0) is 26.1 Å². The second kappa shape index (κ2) is 7.67. The number of hydrogen-bond donors (Lipinski definition) is 1. The number of fused-ring (bicyclic) bond motifs is 1. The molecule has 0 aliphatic carbocycles. The highest BCUT2D eigenvalue weighted by atomic mass is 32.1. The van der Waals surface area contributed by atoms with Crippen LogP contribution in [0, 0.1) is 6.92 Å². The van der Waals surface area contributed by atoms with Crippen LogP contribution in [0.3, 0.4) is 0 Å². The SMILES string of the molecule is Cc1ncc(-c2ccc3cnc(NC(=O)CN4CCN(C)CC4)cc3n2)s1. The molecule has 0 saturated carbocycles. The van der Waals surface area contributed by atoms with Crippen molar-refractivity contribution in [3.63, 3.8) is 0 Å². The van der Waals surface area contributed by atoms with Crippen LogP contribution in [-0.4, -0.2) is 70.4 Å². The van der Waals surface area contributed by atoms with E-state index < -0.39 is 0 Å². The Morgan fingerprint density at radius 2 is 2.00 bits per heavy atom. The van der Waals surface area contributed by atoms with E-state index in [1.54, 1.807) is 17.5 Å². The Labute approximate surface area is 162 Å². The molecule has 8 heteroatoms. The van der Waals surface area contributed by atoms with E-state index in [-0.39, 0.29) is 5.91 Å². The average Bonchev–Trinajstić information content (AvgIpc) is 3.09. The first-order chi connectivity index (χ1) is 13.1. The largest absolute Gasteiger partial charge is 0.310 e. The molecular weight excluding hydrogens is 360 g/mol. The predicted molar refractivity (Wildman–Crippen MR) is 108 cm³/mol. The van der Waals surface area contributed by atoms with Gasteiger partial charge in [-0.25, -0.2) is 15.0 Å². The molecule has 0 spiro atoms. The van der Waals surface area contributed by atoms with Crippen LogP contribution >= 0.6 is 11.3 Å². The number of carbonyl (C=O) groups excluding carboxylic acids is 1. The van der Waals surface area contributed by atoms with Crippen LogP contribution in [0.4, 0.5) is 5.82 Å². The molecule has 27 heavy (non-hydrogen) atoms. The van der Waals surface area contributed by atoms with E-state index >= 15 is 0 Å². The molecule has 0 radical (unpaired) electrons. The van der Waals surface area contributed by atoms with Crippen molar-refractivity contribution in [3.05, 3.63) is 35.6 Å². The number of carbonyl (C=O) groups is 1. The standard InChI is InChI=1S/C19H22N6OS/c1-13-20-11-17(27-13)15-4-3-14-10-21-18(9-16(14)22-15)23-19(26)12-25-7-5-24(2)6-8-25/h3-4,9-11H,5-8,12H2,1-2H3,(H,21,23,26). The number of amides is 1. The number of aromatic nitrogens is 3. The number of piperazine rings is 1. The number of hydrogen-bond acceptors (Lipinski definition) is 7. The van der Waals surface area contributed by atoms with Gasteiger partial charge >= 0.3 is 0 Å². The molecular formula is C19H22N6OS. The molecule has 7 nitrogen and oxygen atoms in total. The van der Waals surface area contributed by atoms with E-state index in [1.165, 1.54) is 0 Å². The van der Waals surface area contributed by atoms with E-state index in [0.29, 0.717) is 12.4 Å². The van der Waals surface area contributed by atoms with Crippen molar-refractivity contribution < 1.29 is 4.79 Å². The summed E-state index contributed by atoms with van der Waals surface area (Å²) in [5.74, 6) is 0.493. The fraction of sp³-hybridized carbons (Fsp3) is 0.368. The lowest BCUT2D eigenvalue weighted by atomic mass is 10.2. The van der Waals surface area contributed by atoms with Crippen molar-refractivity contribution in [1.29, 1.82) is 0 Å². The van der Waals surface area contributed by atoms with Gasteiger partial charge < -0.3 is 10.2 Å². The molecule has 1 fully saturated rings. The summed E-state index contributed by atoms with van der Waals surface area (Å²) in [6.07, 6.45) is 3.59. The van der Waals surface area contributed by atoms with Crippen molar-refractivity contribution in [2.45, 2.75) is 6.92 Å². The van der Waals surface area contributed by atoms with Crippen LogP contribution in [0.15, 0.2) is 30.6 Å². The van der Waals surface area contributed by atoms with Gasteiger partial charge in [0, 0.05) is 50.0 Å². The van der Waals surface area contributed by atoms with Crippen molar-refractivity contribution in [1.82, 2.24) is 24.8 Å². The smallest absolute Gasteiger partial charge is 0.239 e. The van der Waals surface area contributed by atoms with E-state index in [4.69, 9.17) is 4.98 Å². The minimum atomic E-state index is -0.0411. The molecule has 140 valence electrons. The summed E-state index contributed by atoms with van der Waals surface area (Å²) < 4.78 is 0. The van der Waals surface area contributed by atoms with Gasteiger partial charge in [-0.1, -0.05) is 0 Å². The number of nitrogens with one attached hydrogen (secondary N) is 1. The highest BCUT2D eigenvalue weighted by Gasteiger charge is 2.17. The molecule has 3 aromatic heterocycles. The number of nitrogens with zero attached hydrogens (tertiary/aromatic N) is 5. The van der Waals surface area contributed by atoms with Crippen LogP contribution < -0.4 is 5.32 Å². The van der Waals surface area contributed by atoms with Gasteiger partial charge in [-0.15, -0.1) is 11.3 Å². The summed E-state index contributed by atoms with van der Waals surface area (Å²) in [7, 11) is 2.10. The van der Waals surface area contributed by atoms with Crippen LogP contribution in [0.2, 0.25) is 0 Å². The van der Waals surface area contributed by atoms with Crippen LogP contribution in [0.5, 0.6) is 0 Å². The average molecular weight is 382 g/mol. The molecule has 1 amide bonds. The molecule has 3 aromatic rings. The molecule has 0 aromatic carbocycles. The fourth-order valence-corrected chi connectivity index (χ4v) is 3.84. The van der Waals surface area contributed by atoms with Crippen molar-refractivity contribution in [2.75, 3.05) is 45.1 Å². The third-order valence-corrected chi connectivity index (χ3v) is 5.61. The highest BCUT2D eigenvalue weighted by molar-refractivity contribution is 7.15. The summed E-state index contributed by atoms with van der Waals surface area (Å²) in [4.78, 5) is 31.2. The monoisotopic (exact) mass is 382 g/mol. The van der Waals surface area contributed by atoms with Gasteiger partial charge in [0.25, 0.3) is 0 Å². The van der Waals surface area contributed by atoms with Crippen molar-refractivity contribution in [2.24, 2.45) is 0 Å². The zero-order valence-corrected chi connectivity index (χ0v) is 16.3. The Kier molecular flexibility index (Phi) is 5.11. The summed E-state index contributed by atoms with van der Waals surface area (Å²) in [6, 6.07) is 5.80. The molecule has 0 unspecified atom stereocenters. The quantitative estimate of drug-likeness (QED) is 0.746. The van der Waals surface area contributed by atoms with Crippen LogP contribution in [0.1, 0.15) is 5.01 Å². The number of rotatable bonds is 4. The molecule has 0 bridgehead atoms. The first-order valence-corrected chi connectivity index (χ1v) is 9.79. The highest BCUT2D eigenvalue weighted by Crippen LogP contribution is 2.26. The van der Waals surface area contributed by atoms with E-state index in [9.17, 15) is 4.79 Å². The molecule has 1 saturated heterocycles. The van der Waals surface area contributed by atoms with Gasteiger partial charge in [0.15, 0.2) is 0 Å². The molecule has 1 N–H and O–H groups in total. The lowest BCUT2D eigenvalue weighted by Gasteiger charge is -2.31. The summed E-state index contributed by atoms with van der Waals surface area (Å²) in [5, 5.41) is 4.86. The van der Waals surface area contributed by atoms with Crippen molar-refractivity contribution in [3.8, 4) is 10.6 Å². The third kappa shape index (κ3) is 4.29. The normalized spacial score (nSPS) is 15.9. The number of aryl methyl sites for hydroxylation is 1. The van der Waals surface area contributed by atoms with E-state index in [0.717, 1.165) is 52.7 Å². The molecule has 4 heterocycles. The number of pyridine rings is 2. The summed E-state index contributed by atoms with van der Waals surface area (Å²) in [6.45, 7) is 6.17. The Bertz CT molecular complexity index is 964. The molecule has 0 atom stereocenters. The lowest BCUT2D eigenvalue weighted by molar-refractivity contribution is -0.117. The van der Waals surface area contributed by atoms with Gasteiger partial charge in [-0.3, -0.25) is 9.69 Å². The lowest BCUT2D eigenvalue weighted by Crippen LogP contribution is -2.47. The fourth-order valence-electron chi connectivity index (χ4n) is 3.09. The van der Waals surface area contributed by atoms with Gasteiger partial charge in [0.1, 0.15) is 5.82 Å². The van der Waals surface area contributed by atoms with Crippen molar-refractivity contribution >= 4 is 34.0 Å². The first-order valence-electron chi connectivity index (χ1n) is 8.97. The maximum Gasteiger partial charge on any atom is 0.239 e. The second-order valence-electron chi connectivity index (χ2n) is 6.83. The Hall–Kier alpha value is -2.42. The summed E-state index contributed by atoms with van der Waals surface area (Å²) >= 11 is 1.62. The Morgan fingerprint density at radius 1 is 1.19 bits per heavy atom. The maximum absolute atomic E-state index is 12.4. The number of anilines is 1. The minimum Gasteiger partial charge on any atom is -0.310 e. The predicted octanol–water partition coefficient (Wildman–Crippen LogP) is 2.25. The zero-order chi connectivity index (χ0) is 18.8. The van der Waals surface area contributed by atoms with Crippen LogP contribution in [0.25, 0.3) is 21.5 Å². The maximum atomic E-state index is 12.4. The zero-order valence-electron chi connectivity index (χ0n) is 15.5. The minimum absolute atomic E-state index is 0.0411. The van der Waals surface area contributed by atoms with Gasteiger partial charge in [-0.2, -0.15) is 0 Å². The van der Waals surface area contributed by atoms with Crippen LogP contribution in [-0.2, 0) is 4.79 Å². The Balaban J connectivity index is 1.48. The van der Waals surface area contributed by atoms with E-state index in [1.807, 2.05) is 31.3 Å². The number of thiazole rings is 1. The molecule has 4 rings (SSSR count). The second-order valence-corrected chi connectivity index (χ2v) is 8.06. The van der Waals surface area contributed by atoms with Gasteiger partial charge in [0.05, 0.1) is 27.6 Å². The van der Waals surface area contributed by atoms with E-state index in [2.05, 4.69) is 32.1 Å². The first kappa shape index (κ1) is 18.0. The molecule has 1 aliphatic heterocycles. The Morgan fingerprint density at radius 3 is 2.74 bits per heavy atom. The number of likely N-dealkylation sites (N-methyl/N-ethyl adjacent to an activating group) is 1. The molecule has 1 aliphatic rings. The topological polar surface area (TPSA) is 74.2 Å². The summed E-state index contributed by atoms with van der Waals surface area (Å²) in [5.41, 5.74) is 1.69.